The molecule has 0 fully saturated rings. The van der Waals surface area contributed by atoms with Crippen LogP contribution < -0.4 is 11.1 Å². The molecule has 0 spiro atoms. The van der Waals surface area contributed by atoms with E-state index in [1.807, 2.05) is 0 Å². The van der Waals surface area contributed by atoms with Crippen LogP contribution in [0.2, 0.25) is 0 Å². The smallest absolute Gasteiger partial charge is 0.308 e. The Morgan fingerprint density at radius 3 is 2.65 bits per heavy atom. The number of anilines is 2. The van der Waals surface area contributed by atoms with Crippen LogP contribution in [-0.4, -0.2) is 23.5 Å². The number of nitrogens with two attached hydrogens (primary N) is 1. The standard InChI is InChI=1S/C12H16BrN3O4/c1-4-12(2,20-3)11(17)15-8-6-5-7(13)10(9(8)14)16(18)19/h5-6H,4,14H2,1-3H3,(H,15,17). The second-order valence-corrected chi connectivity index (χ2v) is 5.21. The van der Waals surface area contributed by atoms with Crippen LogP contribution in [0.25, 0.3) is 0 Å². The highest BCUT2D eigenvalue weighted by Crippen LogP contribution is 2.36. The summed E-state index contributed by atoms with van der Waals surface area (Å²) in [4.78, 5) is 22.5. The van der Waals surface area contributed by atoms with E-state index in [4.69, 9.17) is 10.5 Å². The third-order valence-electron chi connectivity index (χ3n) is 3.20. The van der Waals surface area contributed by atoms with Crippen molar-refractivity contribution in [3.63, 3.8) is 0 Å². The molecule has 0 bridgehead atoms. The van der Waals surface area contributed by atoms with Gasteiger partial charge in [0, 0.05) is 7.11 Å². The maximum atomic E-state index is 12.1. The number of nitrogen functional groups attached to an aromatic ring is 1. The van der Waals surface area contributed by atoms with E-state index in [-0.39, 0.29) is 21.5 Å². The number of methoxy groups -OCH3 is 1. The van der Waals surface area contributed by atoms with E-state index in [0.29, 0.717) is 6.42 Å². The molecule has 110 valence electrons. The molecule has 20 heavy (non-hydrogen) atoms. The number of nitrogens with one attached hydrogen (secondary N) is 1. The summed E-state index contributed by atoms with van der Waals surface area (Å²) >= 11 is 3.06. The van der Waals surface area contributed by atoms with Gasteiger partial charge in [-0.1, -0.05) is 6.92 Å². The zero-order valence-corrected chi connectivity index (χ0v) is 13.0. The van der Waals surface area contributed by atoms with Crippen LogP contribution >= 0.6 is 15.9 Å². The number of nitro benzene ring substituents is 1. The molecular weight excluding hydrogens is 330 g/mol. The number of rotatable bonds is 5. The minimum absolute atomic E-state index is 0.104. The molecule has 1 rings (SSSR count). The third kappa shape index (κ3) is 3.07. The van der Waals surface area contributed by atoms with E-state index in [1.165, 1.54) is 19.2 Å². The molecule has 1 atom stereocenters. The van der Waals surface area contributed by atoms with Crippen molar-refractivity contribution in [3.8, 4) is 0 Å². The maximum Gasteiger partial charge on any atom is 0.308 e. The van der Waals surface area contributed by atoms with Gasteiger partial charge in [-0.2, -0.15) is 0 Å². The fourth-order valence-electron chi connectivity index (χ4n) is 1.53. The van der Waals surface area contributed by atoms with Crippen molar-refractivity contribution < 1.29 is 14.5 Å². The quantitative estimate of drug-likeness (QED) is 0.484. The van der Waals surface area contributed by atoms with Crippen molar-refractivity contribution in [2.75, 3.05) is 18.2 Å². The fraction of sp³-hybridized carbons (Fsp3) is 0.417. The first-order valence-electron chi connectivity index (χ1n) is 5.85. The lowest BCUT2D eigenvalue weighted by molar-refractivity contribution is -0.384. The number of amides is 1. The molecule has 3 N–H and O–H groups in total. The molecule has 1 amide bonds. The van der Waals surface area contributed by atoms with Gasteiger partial charge in [-0.15, -0.1) is 0 Å². The molecule has 0 aliphatic heterocycles. The molecular formula is C12H16BrN3O4. The molecule has 0 saturated carbocycles. The number of hydrogen-bond acceptors (Lipinski definition) is 5. The molecule has 7 nitrogen and oxygen atoms in total. The molecule has 0 aliphatic rings. The number of carbonyl (C=O) groups is 1. The Balaban J connectivity index is 3.15. The van der Waals surface area contributed by atoms with Crippen molar-refractivity contribution in [2.45, 2.75) is 25.9 Å². The van der Waals surface area contributed by atoms with Gasteiger partial charge in [-0.25, -0.2) is 0 Å². The average Bonchev–Trinajstić information content (AvgIpc) is 2.40. The van der Waals surface area contributed by atoms with E-state index in [9.17, 15) is 14.9 Å². The predicted octanol–water partition coefficient (Wildman–Crippen LogP) is 2.69. The van der Waals surface area contributed by atoms with Crippen molar-refractivity contribution in [1.82, 2.24) is 0 Å². The second kappa shape index (κ2) is 6.19. The van der Waals surface area contributed by atoms with Crippen LogP contribution in [0.1, 0.15) is 20.3 Å². The first kappa shape index (κ1) is 16.4. The first-order chi connectivity index (χ1) is 9.26. The highest BCUT2D eigenvalue weighted by atomic mass is 79.9. The summed E-state index contributed by atoms with van der Waals surface area (Å²) in [6.07, 6.45) is 0.452. The Morgan fingerprint density at radius 2 is 2.20 bits per heavy atom. The number of hydrogen-bond donors (Lipinski definition) is 2. The highest BCUT2D eigenvalue weighted by molar-refractivity contribution is 9.10. The van der Waals surface area contributed by atoms with Crippen LogP contribution in [-0.2, 0) is 9.53 Å². The molecule has 1 aromatic carbocycles. The minimum atomic E-state index is -1.02. The topological polar surface area (TPSA) is 107 Å². The molecule has 0 saturated heterocycles. The summed E-state index contributed by atoms with van der Waals surface area (Å²) < 4.78 is 5.42. The van der Waals surface area contributed by atoms with Crippen molar-refractivity contribution in [1.29, 1.82) is 0 Å². The Kier molecular flexibility index (Phi) is 5.07. The number of carbonyl (C=O) groups excluding carboxylic acids is 1. The lowest BCUT2D eigenvalue weighted by Crippen LogP contribution is -2.41. The van der Waals surface area contributed by atoms with E-state index >= 15 is 0 Å². The highest BCUT2D eigenvalue weighted by Gasteiger charge is 2.32. The van der Waals surface area contributed by atoms with E-state index < -0.39 is 16.4 Å². The van der Waals surface area contributed by atoms with Crippen LogP contribution in [0.15, 0.2) is 16.6 Å². The molecule has 1 unspecified atom stereocenters. The molecule has 0 aromatic heterocycles. The van der Waals surface area contributed by atoms with Crippen molar-refractivity contribution in [2.24, 2.45) is 0 Å². The van der Waals surface area contributed by atoms with E-state index in [1.54, 1.807) is 13.8 Å². The van der Waals surface area contributed by atoms with Gasteiger partial charge in [0.15, 0.2) is 0 Å². The van der Waals surface area contributed by atoms with E-state index in [2.05, 4.69) is 21.2 Å². The molecule has 1 aromatic rings. The van der Waals surface area contributed by atoms with Crippen LogP contribution in [0.5, 0.6) is 0 Å². The van der Waals surface area contributed by atoms with Gasteiger partial charge >= 0.3 is 5.69 Å². The lowest BCUT2D eigenvalue weighted by atomic mass is 10.0. The average molecular weight is 346 g/mol. The van der Waals surface area contributed by atoms with Crippen LogP contribution in [0, 0.1) is 10.1 Å². The maximum absolute atomic E-state index is 12.1. The largest absolute Gasteiger partial charge is 0.391 e. The number of nitrogens with zero attached hydrogens (tertiary/aromatic N) is 1. The molecule has 0 aliphatic carbocycles. The van der Waals surface area contributed by atoms with Gasteiger partial charge in [0.1, 0.15) is 11.3 Å². The Labute approximate surface area is 124 Å². The summed E-state index contributed by atoms with van der Waals surface area (Å²) in [6, 6.07) is 2.95. The van der Waals surface area contributed by atoms with Crippen molar-refractivity contribution in [3.05, 3.63) is 26.7 Å². The Bertz CT molecular complexity index is 544. The second-order valence-electron chi connectivity index (χ2n) is 4.36. The number of halogens is 1. The zero-order valence-electron chi connectivity index (χ0n) is 11.4. The van der Waals surface area contributed by atoms with Gasteiger partial charge in [-0.05, 0) is 41.4 Å². The monoisotopic (exact) mass is 345 g/mol. The Morgan fingerprint density at radius 1 is 1.60 bits per heavy atom. The summed E-state index contributed by atoms with van der Waals surface area (Å²) in [5, 5.41) is 13.5. The summed E-state index contributed by atoms with van der Waals surface area (Å²) in [5.74, 6) is -0.411. The fourth-order valence-corrected chi connectivity index (χ4v) is 2.02. The molecule has 0 radical (unpaired) electrons. The Hall–Kier alpha value is -1.67. The van der Waals surface area contributed by atoms with Gasteiger partial charge in [0.2, 0.25) is 0 Å². The van der Waals surface area contributed by atoms with Gasteiger partial charge in [0.05, 0.1) is 15.1 Å². The van der Waals surface area contributed by atoms with Gasteiger partial charge in [0.25, 0.3) is 5.91 Å². The summed E-state index contributed by atoms with van der Waals surface area (Å²) in [6.45, 7) is 3.43. The summed E-state index contributed by atoms with van der Waals surface area (Å²) in [7, 11) is 1.43. The van der Waals surface area contributed by atoms with Crippen LogP contribution in [0.4, 0.5) is 17.1 Å². The third-order valence-corrected chi connectivity index (χ3v) is 3.84. The summed E-state index contributed by atoms with van der Waals surface area (Å²) in [5.41, 5.74) is 4.51. The van der Waals surface area contributed by atoms with Gasteiger partial charge < -0.3 is 15.8 Å². The minimum Gasteiger partial charge on any atom is -0.391 e. The number of benzene rings is 1. The number of ether oxygens (including phenoxy) is 1. The van der Waals surface area contributed by atoms with Crippen molar-refractivity contribution >= 4 is 38.9 Å². The normalized spacial score (nSPS) is 13.6. The lowest BCUT2D eigenvalue weighted by Gasteiger charge is -2.25. The number of nitro groups is 1. The molecule has 8 heteroatoms. The predicted molar refractivity (Wildman–Crippen MR) is 79.5 cm³/mol. The molecule has 0 heterocycles. The SMILES string of the molecule is CCC(C)(OC)C(=O)Nc1ccc(Br)c([N+](=O)[O-])c1N. The first-order valence-corrected chi connectivity index (χ1v) is 6.65. The van der Waals surface area contributed by atoms with Gasteiger partial charge in [-0.3, -0.25) is 14.9 Å². The van der Waals surface area contributed by atoms with E-state index in [0.717, 1.165) is 0 Å². The zero-order chi connectivity index (χ0) is 15.5. The van der Waals surface area contributed by atoms with Crippen LogP contribution in [0.3, 0.4) is 0 Å².